The Morgan fingerprint density at radius 1 is 1.00 bits per heavy atom. The van der Waals surface area contributed by atoms with Crippen LogP contribution in [0.25, 0.3) is 10.9 Å². The number of hydrogen-bond acceptors (Lipinski definition) is 5. The van der Waals surface area contributed by atoms with Gasteiger partial charge in [-0.2, -0.15) is 0 Å². The summed E-state index contributed by atoms with van der Waals surface area (Å²) in [6.07, 6.45) is 0. The summed E-state index contributed by atoms with van der Waals surface area (Å²) >= 11 is 0. The molecule has 1 heterocycles. The van der Waals surface area contributed by atoms with Crippen molar-refractivity contribution in [3.8, 4) is 17.2 Å². The molecule has 2 aromatic carbocycles. The van der Waals surface area contributed by atoms with Gasteiger partial charge in [-0.1, -0.05) is 6.07 Å². The third kappa shape index (κ3) is 3.87. The lowest BCUT2D eigenvalue weighted by Gasteiger charge is -2.10. The van der Waals surface area contributed by atoms with E-state index in [4.69, 9.17) is 14.2 Å². The molecule has 0 unspecified atom stereocenters. The number of H-pyrrole nitrogens is 1. The molecule has 140 valence electrons. The summed E-state index contributed by atoms with van der Waals surface area (Å²) in [4.78, 5) is 27.5. The third-order valence-electron chi connectivity index (χ3n) is 4.20. The van der Waals surface area contributed by atoms with Gasteiger partial charge in [-0.3, -0.25) is 9.59 Å². The monoisotopic (exact) mass is 368 g/mol. The van der Waals surface area contributed by atoms with Crippen LogP contribution in [-0.2, 0) is 6.54 Å². The fourth-order valence-corrected chi connectivity index (χ4v) is 2.75. The molecule has 0 radical (unpaired) electrons. The maximum Gasteiger partial charge on any atom is 0.253 e. The zero-order valence-electron chi connectivity index (χ0n) is 15.3. The molecule has 0 saturated carbocycles. The van der Waals surface area contributed by atoms with E-state index in [0.29, 0.717) is 33.9 Å². The maximum absolute atomic E-state index is 12.3. The Hall–Kier alpha value is -3.48. The van der Waals surface area contributed by atoms with Crippen LogP contribution in [0.3, 0.4) is 0 Å². The minimum absolute atomic E-state index is 0.0929. The summed E-state index contributed by atoms with van der Waals surface area (Å²) in [5.74, 6) is 1.39. The van der Waals surface area contributed by atoms with Gasteiger partial charge in [-0.25, -0.2) is 0 Å². The molecule has 3 aromatic rings. The topological polar surface area (TPSA) is 89.7 Å². The molecule has 2 N–H and O–H groups in total. The molecule has 0 fully saturated rings. The number of methoxy groups -OCH3 is 3. The van der Waals surface area contributed by atoms with Crippen molar-refractivity contribution in [1.82, 2.24) is 10.3 Å². The minimum atomic E-state index is -0.291. The fourth-order valence-electron chi connectivity index (χ4n) is 2.75. The highest BCUT2D eigenvalue weighted by molar-refractivity contribution is 5.94. The van der Waals surface area contributed by atoms with Crippen LogP contribution < -0.4 is 25.1 Å². The zero-order chi connectivity index (χ0) is 19.4. The number of aromatic amines is 1. The highest BCUT2D eigenvalue weighted by atomic mass is 16.5. The van der Waals surface area contributed by atoms with Gasteiger partial charge in [-0.15, -0.1) is 0 Å². The quantitative estimate of drug-likeness (QED) is 0.698. The maximum atomic E-state index is 12.3. The number of benzene rings is 2. The number of fused-ring (bicyclic) bond motifs is 1. The van der Waals surface area contributed by atoms with E-state index in [-0.39, 0.29) is 18.0 Å². The summed E-state index contributed by atoms with van der Waals surface area (Å²) in [6.45, 7) is 0.0929. The third-order valence-corrected chi connectivity index (χ3v) is 4.20. The first-order valence-corrected chi connectivity index (χ1v) is 8.26. The Morgan fingerprint density at radius 3 is 2.44 bits per heavy atom. The number of aromatic nitrogens is 1. The molecule has 0 saturated heterocycles. The molecule has 0 aliphatic rings. The van der Waals surface area contributed by atoms with E-state index in [1.807, 2.05) is 0 Å². The van der Waals surface area contributed by atoms with E-state index in [0.717, 1.165) is 5.39 Å². The predicted octanol–water partition coefficient (Wildman–Crippen LogP) is 2.48. The Balaban J connectivity index is 1.85. The van der Waals surface area contributed by atoms with Gasteiger partial charge in [0.05, 0.1) is 26.8 Å². The van der Waals surface area contributed by atoms with Crippen LogP contribution >= 0.6 is 0 Å². The van der Waals surface area contributed by atoms with Crippen molar-refractivity contribution in [3.63, 3.8) is 0 Å². The van der Waals surface area contributed by atoms with E-state index in [1.54, 1.807) is 49.6 Å². The molecule has 0 atom stereocenters. The second-order valence-electron chi connectivity index (χ2n) is 5.83. The van der Waals surface area contributed by atoms with Gasteiger partial charge < -0.3 is 24.5 Å². The second kappa shape index (κ2) is 7.82. The van der Waals surface area contributed by atoms with Gasteiger partial charge in [0.1, 0.15) is 5.75 Å². The van der Waals surface area contributed by atoms with E-state index in [1.165, 1.54) is 14.2 Å². The number of rotatable bonds is 6. The van der Waals surface area contributed by atoms with Gasteiger partial charge in [0, 0.05) is 29.1 Å². The summed E-state index contributed by atoms with van der Waals surface area (Å²) in [5, 5.41) is 3.53. The molecule has 3 rings (SSSR count). The fraction of sp³-hybridized carbons (Fsp3) is 0.200. The molecule has 0 aliphatic heterocycles. The number of ether oxygens (including phenoxy) is 3. The number of pyridine rings is 1. The van der Waals surface area contributed by atoms with E-state index < -0.39 is 0 Å². The standard InChI is InChI=1S/C20H20N2O5/c1-25-15-6-4-5-12(8-15)19(23)21-11-14-7-13-9-17(26-2)18(27-3)10-16(13)22-20(14)24/h4-10H,11H2,1-3H3,(H,21,23)(H,22,24). The Labute approximate surface area is 155 Å². The Morgan fingerprint density at radius 2 is 1.74 bits per heavy atom. The average molecular weight is 368 g/mol. The predicted molar refractivity (Wildman–Crippen MR) is 102 cm³/mol. The van der Waals surface area contributed by atoms with Crippen molar-refractivity contribution >= 4 is 16.8 Å². The Bertz CT molecular complexity index is 1040. The first-order chi connectivity index (χ1) is 13.0. The van der Waals surface area contributed by atoms with E-state index in [2.05, 4.69) is 10.3 Å². The van der Waals surface area contributed by atoms with Gasteiger partial charge in [-0.05, 0) is 30.3 Å². The van der Waals surface area contributed by atoms with Crippen molar-refractivity contribution < 1.29 is 19.0 Å². The lowest BCUT2D eigenvalue weighted by Crippen LogP contribution is -2.26. The van der Waals surface area contributed by atoms with E-state index in [9.17, 15) is 9.59 Å². The van der Waals surface area contributed by atoms with Gasteiger partial charge in [0.25, 0.3) is 11.5 Å². The number of hydrogen-bond donors (Lipinski definition) is 2. The van der Waals surface area contributed by atoms with Crippen molar-refractivity contribution in [2.75, 3.05) is 21.3 Å². The molecule has 0 spiro atoms. The highest BCUT2D eigenvalue weighted by Gasteiger charge is 2.11. The van der Waals surface area contributed by atoms with Crippen molar-refractivity contribution in [1.29, 1.82) is 0 Å². The van der Waals surface area contributed by atoms with Gasteiger partial charge in [0.15, 0.2) is 11.5 Å². The molecule has 0 bridgehead atoms. The Kier molecular flexibility index (Phi) is 5.30. The average Bonchev–Trinajstić information content (AvgIpc) is 2.71. The smallest absolute Gasteiger partial charge is 0.253 e. The molecule has 0 aliphatic carbocycles. The van der Waals surface area contributed by atoms with Crippen LogP contribution in [0.15, 0.2) is 47.3 Å². The summed E-state index contributed by atoms with van der Waals surface area (Å²) in [6, 6.07) is 12.0. The molecule has 7 nitrogen and oxygen atoms in total. The number of nitrogens with one attached hydrogen (secondary N) is 2. The van der Waals surface area contributed by atoms with Crippen molar-refractivity contribution in [2.24, 2.45) is 0 Å². The van der Waals surface area contributed by atoms with Crippen LogP contribution in [0.4, 0.5) is 0 Å². The molecule has 1 aromatic heterocycles. The molecule has 27 heavy (non-hydrogen) atoms. The van der Waals surface area contributed by atoms with Crippen molar-refractivity contribution in [3.05, 3.63) is 63.9 Å². The van der Waals surface area contributed by atoms with Crippen LogP contribution in [0.5, 0.6) is 17.2 Å². The first-order valence-electron chi connectivity index (χ1n) is 8.26. The zero-order valence-corrected chi connectivity index (χ0v) is 15.3. The molecule has 1 amide bonds. The normalized spacial score (nSPS) is 10.5. The summed E-state index contributed by atoms with van der Waals surface area (Å²) in [7, 11) is 4.61. The SMILES string of the molecule is COc1cccc(C(=O)NCc2cc3cc(OC)c(OC)cc3[nH]c2=O)c1. The molecular weight excluding hydrogens is 348 g/mol. The summed E-state index contributed by atoms with van der Waals surface area (Å²) in [5.41, 5.74) is 1.24. The van der Waals surface area contributed by atoms with Crippen LogP contribution in [0.1, 0.15) is 15.9 Å². The lowest BCUT2D eigenvalue weighted by atomic mass is 10.1. The summed E-state index contributed by atoms with van der Waals surface area (Å²) < 4.78 is 15.7. The number of carbonyl (C=O) groups excluding carboxylic acids is 1. The number of carbonyl (C=O) groups is 1. The highest BCUT2D eigenvalue weighted by Crippen LogP contribution is 2.31. The van der Waals surface area contributed by atoms with Crippen LogP contribution in [0, 0.1) is 0 Å². The van der Waals surface area contributed by atoms with Gasteiger partial charge >= 0.3 is 0 Å². The largest absolute Gasteiger partial charge is 0.497 e. The van der Waals surface area contributed by atoms with Crippen LogP contribution in [0.2, 0.25) is 0 Å². The minimum Gasteiger partial charge on any atom is -0.497 e. The van der Waals surface area contributed by atoms with E-state index >= 15 is 0 Å². The van der Waals surface area contributed by atoms with Gasteiger partial charge in [0.2, 0.25) is 0 Å². The first kappa shape index (κ1) is 18.3. The number of amides is 1. The molecular formula is C20H20N2O5. The molecule has 7 heteroatoms. The second-order valence-corrected chi connectivity index (χ2v) is 5.83. The van der Waals surface area contributed by atoms with Crippen LogP contribution in [-0.4, -0.2) is 32.2 Å². The lowest BCUT2D eigenvalue weighted by molar-refractivity contribution is 0.0950. The van der Waals surface area contributed by atoms with Crippen molar-refractivity contribution in [2.45, 2.75) is 6.54 Å².